The van der Waals surface area contributed by atoms with Crippen molar-refractivity contribution in [1.82, 2.24) is 25.7 Å². The number of nitrogens with zero attached hydrogens (tertiary/aromatic N) is 4. The van der Waals surface area contributed by atoms with Crippen LogP contribution in [0.4, 0.5) is 17.2 Å². The Morgan fingerprint density at radius 1 is 1.16 bits per heavy atom. The van der Waals surface area contributed by atoms with Crippen LogP contribution in [0.25, 0.3) is 11.4 Å². The number of aromatic nitrogens is 4. The zero-order chi connectivity index (χ0) is 27.0. The number of nitrogens with one attached hydrogen (secondary N) is 3. The Hall–Kier alpha value is -3.87. The van der Waals surface area contributed by atoms with Gasteiger partial charge in [0, 0.05) is 12.0 Å². The van der Waals surface area contributed by atoms with Gasteiger partial charge >= 0.3 is 0 Å². The van der Waals surface area contributed by atoms with Crippen molar-refractivity contribution < 1.29 is 24.0 Å². The summed E-state index contributed by atoms with van der Waals surface area (Å²) in [6.07, 6.45) is 1.68. The quantitative estimate of drug-likeness (QED) is 0.269. The van der Waals surface area contributed by atoms with E-state index in [9.17, 15) is 14.7 Å². The Balaban J connectivity index is 1.72. The summed E-state index contributed by atoms with van der Waals surface area (Å²) in [4.78, 5) is 29.6. The summed E-state index contributed by atoms with van der Waals surface area (Å²) in [6, 6.07) is 6.78. The van der Waals surface area contributed by atoms with Gasteiger partial charge in [0.2, 0.25) is 11.7 Å². The molecular formula is C22H28B3N7O5. The first-order valence-electron chi connectivity index (χ1n) is 11.9. The first-order valence-corrected chi connectivity index (χ1v) is 11.9. The number of amides is 2. The Morgan fingerprint density at radius 2 is 1.89 bits per heavy atom. The summed E-state index contributed by atoms with van der Waals surface area (Å²) in [5.41, 5.74) is 0.0103. The molecule has 0 spiro atoms. The normalized spacial score (nSPS) is 13.6. The number of benzene rings is 1. The topological polar surface area (TPSA) is 164 Å². The van der Waals surface area contributed by atoms with Crippen LogP contribution in [0.15, 0.2) is 28.8 Å². The standard InChI is InChI=1S/C22H28B3N7O5/c1-21(2,35)20-28-17(32-37-20)11-5-4-6-12(16(11)36-3)26-13-9-14(27-18(33)10-7-8-10)30-31-15(13)19(34)29-22(23,24)25/h4-6,9-10,35H,7-8,23-25H2,1-3H3,(H,29,34)(H2,26,27,30,33). The van der Waals surface area contributed by atoms with Crippen molar-refractivity contribution in [2.24, 2.45) is 5.92 Å². The Bertz CT molecular complexity index is 1330. The molecule has 1 saturated carbocycles. The van der Waals surface area contributed by atoms with E-state index in [1.165, 1.54) is 7.11 Å². The van der Waals surface area contributed by atoms with Crippen LogP contribution in [0.3, 0.4) is 0 Å². The Labute approximate surface area is 216 Å². The molecule has 0 unspecified atom stereocenters. The largest absolute Gasteiger partial charge is 0.494 e. The fourth-order valence-electron chi connectivity index (χ4n) is 3.45. The second kappa shape index (κ2) is 9.89. The van der Waals surface area contributed by atoms with Crippen molar-refractivity contribution in [2.45, 2.75) is 37.5 Å². The van der Waals surface area contributed by atoms with Gasteiger partial charge in [0.05, 0.1) is 24.0 Å². The molecule has 0 atom stereocenters. The number of aliphatic hydroxyl groups is 1. The number of ether oxygens (including phenoxy) is 1. The molecule has 190 valence electrons. The second-order valence-electron chi connectivity index (χ2n) is 10.5. The van der Waals surface area contributed by atoms with Crippen molar-refractivity contribution in [1.29, 1.82) is 0 Å². The summed E-state index contributed by atoms with van der Waals surface area (Å²) < 4.78 is 10.9. The van der Waals surface area contributed by atoms with Crippen LogP contribution in [-0.2, 0) is 10.4 Å². The minimum absolute atomic E-state index is 0.0254. The van der Waals surface area contributed by atoms with Gasteiger partial charge in [-0.2, -0.15) is 4.98 Å². The van der Waals surface area contributed by atoms with Gasteiger partial charge in [0.1, 0.15) is 29.1 Å². The van der Waals surface area contributed by atoms with Gasteiger partial charge in [-0.3, -0.25) is 9.59 Å². The van der Waals surface area contributed by atoms with Crippen molar-refractivity contribution in [2.75, 3.05) is 17.7 Å². The van der Waals surface area contributed by atoms with E-state index < -0.39 is 16.7 Å². The Morgan fingerprint density at radius 3 is 2.49 bits per heavy atom. The van der Waals surface area contributed by atoms with E-state index in [0.29, 0.717) is 22.7 Å². The molecule has 1 fully saturated rings. The van der Waals surface area contributed by atoms with Gasteiger partial charge in [-0.15, -0.1) is 10.2 Å². The van der Waals surface area contributed by atoms with Crippen LogP contribution in [0, 0.1) is 5.92 Å². The zero-order valence-corrected chi connectivity index (χ0v) is 21.7. The average molecular weight is 503 g/mol. The molecule has 2 heterocycles. The van der Waals surface area contributed by atoms with Crippen molar-refractivity contribution in [3.05, 3.63) is 35.9 Å². The molecule has 12 nitrogen and oxygen atoms in total. The lowest BCUT2D eigenvalue weighted by molar-refractivity contribution is -0.117. The number of carbonyl (C=O) groups excluding carboxylic acids is 2. The number of rotatable bonds is 9. The van der Waals surface area contributed by atoms with E-state index in [-0.39, 0.29) is 35.1 Å². The summed E-state index contributed by atoms with van der Waals surface area (Å²) in [7, 11) is 7.05. The van der Waals surface area contributed by atoms with Gasteiger partial charge in [-0.05, 0) is 44.1 Å². The van der Waals surface area contributed by atoms with E-state index in [0.717, 1.165) is 12.8 Å². The summed E-state index contributed by atoms with van der Waals surface area (Å²) in [6.45, 7) is 3.08. The van der Waals surface area contributed by atoms with Crippen LogP contribution in [0.2, 0.25) is 0 Å². The molecule has 1 aliphatic rings. The first kappa shape index (κ1) is 26.2. The van der Waals surface area contributed by atoms with Crippen molar-refractivity contribution >= 4 is 52.5 Å². The third-order valence-electron chi connectivity index (χ3n) is 5.38. The van der Waals surface area contributed by atoms with Gasteiger partial charge in [0.25, 0.3) is 11.8 Å². The van der Waals surface area contributed by atoms with Crippen molar-refractivity contribution in [3.63, 3.8) is 0 Å². The molecule has 0 radical (unpaired) electrons. The minimum atomic E-state index is -1.31. The average Bonchev–Trinajstić information content (AvgIpc) is 3.53. The van der Waals surface area contributed by atoms with Gasteiger partial charge in [-0.1, -0.05) is 11.2 Å². The maximum Gasteiger partial charge on any atom is 0.272 e. The lowest BCUT2D eigenvalue weighted by Crippen LogP contribution is -2.50. The molecule has 4 N–H and O–H groups in total. The number of carbonyl (C=O) groups is 2. The van der Waals surface area contributed by atoms with E-state index in [4.69, 9.17) is 9.26 Å². The van der Waals surface area contributed by atoms with Gasteiger partial charge < -0.3 is 30.3 Å². The molecule has 2 aromatic heterocycles. The molecule has 0 aliphatic heterocycles. The molecule has 4 rings (SSSR count). The van der Waals surface area contributed by atoms with Crippen LogP contribution < -0.4 is 20.7 Å². The highest BCUT2D eigenvalue weighted by Crippen LogP contribution is 2.38. The van der Waals surface area contributed by atoms with Crippen LogP contribution in [-0.4, -0.2) is 73.1 Å². The number of hydrogen-bond acceptors (Lipinski definition) is 10. The fraction of sp³-hybridized carbons (Fsp3) is 0.364. The van der Waals surface area contributed by atoms with Crippen LogP contribution >= 0.6 is 0 Å². The predicted molar refractivity (Wildman–Crippen MR) is 144 cm³/mol. The van der Waals surface area contributed by atoms with Gasteiger partial charge in [0.15, 0.2) is 17.3 Å². The molecule has 3 aromatic rings. The highest BCUT2D eigenvalue weighted by molar-refractivity contribution is 6.60. The maximum absolute atomic E-state index is 13.0. The fourth-order valence-corrected chi connectivity index (χ4v) is 3.45. The van der Waals surface area contributed by atoms with Gasteiger partial charge in [-0.25, -0.2) is 0 Å². The van der Waals surface area contributed by atoms with E-state index in [1.807, 2.05) is 23.5 Å². The molecule has 0 saturated heterocycles. The number of hydrogen-bond donors (Lipinski definition) is 4. The molecule has 15 heteroatoms. The molecule has 2 amide bonds. The van der Waals surface area contributed by atoms with E-state index in [2.05, 4.69) is 36.3 Å². The maximum atomic E-state index is 13.0. The smallest absolute Gasteiger partial charge is 0.272 e. The lowest BCUT2D eigenvalue weighted by atomic mass is 9.49. The Kier molecular flexibility index (Phi) is 7.00. The molecule has 0 bridgehead atoms. The summed E-state index contributed by atoms with van der Waals surface area (Å²) >= 11 is 0. The third-order valence-corrected chi connectivity index (χ3v) is 5.38. The SMILES string of the molecule is BC(B)(B)NC(=O)c1nnc(NC(=O)C2CC2)cc1Nc1cccc(-c2noc(C(C)(C)O)n2)c1OC. The highest BCUT2D eigenvalue weighted by atomic mass is 16.5. The second-order valence-corrected chi connectivity index (χ2v) is 10.5. The third kappa shape index (κ3) is 6.29. The van der Waals surface area contributed by atoms with E-state index >= 15 is 0 Å². The molecular weight excluding hydrogens is 475 g/mol. The van der Waals surface area contributed by atoms with Crippen LogP contribution in [0.5, 0.6) is 5.75 Å². The minimum Gasteiger partial charge on any atom is -0.494 e. The van der Waals surface area contributed by atoms with Crippen molar-refractivity contribution in [3.8, 4) is 17.1 Å². The number of methoxy groups -OCH3 is 1. The number of para-hydroxylation sites is 1. The van der Waals surface area contributed by atoms with Crippen LogP contribution in [0.1, 0.15) is 43.1 Å². The highest BCUT2D eigenvalue weighted by Gasteiger charge is 2.31. The molecule has 1 aliphatic carbocycles. The molecule has 1 aromatic carbocycles. The molecule has 37 heavy (non-hydrogen) atoms. The number of anilines is 3. The first-order chi connectivity index (χ1) is 17.4. The predicted octanol–water partition coefficient (Wildman–Crippen LogP) is -0.905. The summed E-state index contributed by atoms with van der Waals surface area (Å²) in [5.74, 6) is 0.259. The summed E-state index contributed by atoms with van der Waals surface area (Å²) in [5, 5.41) is 30.6. The monoisotopic (exact) mass is 503 g/mol. The lowest BCUT2D eigenvalue weighted by Gasteiger charge is -2.21. The van der Waals surface area contributed by atoms with E-state index in [1.54, 1.807) is 38.1 Å². The zero-order valence-electron chi connectivity index (χ0n) is 21.7.